The van der Waals surface area contributed by atoms with Crippen LogP contribution in [0.15, 0.2) is 24.3 Å². The Bertz CT molecular complexity index is 362. The molecule has 0 aliphatic carbocycles. The molecule has 4 heteroatoms. The number of rotatable bonds is 5. The van der Waals surface area contributed by atoms with Gasteiger partial charge in [-0.05, 0) is 26.0 Å². The number of benzene rings is 1. The molecule has 1 aromatic rings. The molecule has 0 spiro atoms. The molecule has 4 nitrogen and oxygen atoms in total. The van der Waals surface area contributed by atoms with Crippen molar-refractivity contribution in [3.63, 3.8) is 0 Å². The lowest BCUT2D eigenvalue weighted by Crippen LogP contribution is -2.46. The normalized spacial score (nSPS) is 23.7. The number of hydrogen-bond acceptors (Lipinski definition) is 4. The topological polar surface area (TPSA) is 39.7 Å². The molecule has 1 saturated heterocycles. The molecule has 1 fully saturated rings. The molecule has 0 bridgehead atoms. The van der Waals surface area contributed by atoms with Gasteiger partial charge in [0, 0.05) is 18.7 Å². The van der Waals surface area contributed by atoms with E-state index in [4.69, 9.17) is 14.2 Å². The third-order valence-electron chi connectivity index (χ3n) is 2.83. The molecule has 1 aliphatic heterocycles. The van der Waals surface area contributed by atoms with Crippen LogP contribution in [0.3, 0.4) is 0 Å². The number of morpholine rings is 1. The van der Waals surface area contributed by atoms with Crippen molar-refractivity contribution in [3.05, 3.63) is 24.3 Å². The Morgan fingerprint density at radius 2 is 2.11 bits per heavy atom. The Hall–Kier alpha value is -1.26. The van der Waals surface area contributed by atoms with E-state index in [1.807, 2.05) is 31.2 Å². The van der Waals surface area contributed by atoms with Gasteiger partial charge in [-0.2, -0.15) is 0 Å². The number of ether oxygens (including phenoxy) is 3. The lowest BCUT2D eigenvalue weighted by Gasteiger charge is -2.28. The van der Waals surface area contributed by atoms with Gasteiger partial charge >= 0.3 is 0 Å². The standard InChI is InChI=1S/C14H21NO3/c1-3-16-12-5-4-6-13(7-12)18-10-14-8-15-11(2)9-17-14/h4-7,11,14-15H,3,8-10H2,1-2H3. The Labute approximate surface area is 108 Å². The summed E-state index contributed by atoms with van der Waals surface area (Å²) < 4.78 is 16.8. The highest BCUT2D eigenvalue weighted by Crippen LogP contribution is 2.19. The first-order valence-corrected chi connectivity index (χ1v) is 6.48. The fourth-order valence-corrected chi connectivity index (χ4v) is 1.85. The van der Waals surface area contributed by atoms with Gasteiger partial charge in [0.1, 0.15) is 24.2 Å². The minimum absolute atomic E-state index is 0.122. The second-order valence-electron chi connectivity index (χ2n) is 4.48. The molecule has 1 N–H and O–H groups in total. The lowest BCUT2D eigenvalue weighted by molar-refractivity contribution is -0.0165. The molecule has 100 valence electrons. The molecule has 2 unspecified atom stereocenters. The van der Waals surface area contributed by atoms with E-state index in [0.29, 0.717) is 19.3 Å². The molecule has 1 aromatic carbocycles. The Balaban J connectivity index is 1.80. The Morgan fingerprint density at radius 1 is 1.33 bits per heavy atom. The van der Waals surface area contributed by atoms with Crippen molar-refractivity contribution < 1.29 is 14.2 Å². The first-order valence-electron chi connectivity index (χ1n) is 6.48. The zero-order valence-electron chi connectivity index (χ0n) is 11.0. The first kappa shape index (κ1) is 13.2. The fourth-order valence-electron chi connectivity index (χ4n) is 1.85. The van der Waals surface area contributed by atoms with Gasteiger partial charge in [-0.25, -0.2) is 0 Å². The predicted octanol–water partition coefficient (Wildman–Crippen LogP) is 1.84. The average Bonchev–Trinajstić information content (AvgIpc) is 2.39. The zero-order valence-corrected chi connectivity index (χ0v) is 11.0. The van der Waals surface area contributed by atoms with Crippen molar-refractivity contribution in [1.29, 1.82) is 0 Å². The van der Waals surface area contributed by atoms with Crippen LogP contribution in [0.4, 0.5) is 0 Å². The van der Waals surface area contributed by atoms with Gasteiger partial charge in [-0.15, -0.1) is 0 Å². The minimum Gasteiger partial charge on any atom is -0.494 e. The van der Waals surface area contributed by atoms with Crippen LogP contribution in [-0.4, -0.2) is 38.5 Å². The summed E-state index contributed by atoms with van der Waals surface area (Å²) >= 11 is 0. The van der Waals surface area contributed by atoms with Gasteiger partial charge in [0.25, 0.3) is 0 Å². The summed E-state index contributed by atoms with van der Waals surface area (Å²) in [5.74, 6) is 1.66. The van der Waals surface area contributed by atoms with E-state index in [2.05, 4.69) is 12.2 Å². The quantitative estimate of drug-likeness (QED) is 0.867. The molecule has 0 aromatic heterocycles. The molecule has 1 heterocycles. The van der Waals surface area contributed by atoms with Gasteiger partial charge < -0.3 is 19.5 Å². The fraction of sp³-hybridized carbons (Fsp3) is 0.571. The Morgan fingerprint density at radius 3 is 2.78 bits per heavy atom. The maximum absolute atomic E-state index is 5.72. The third kappa shape index (κ3) is 3.89. The van der Waals surface area contributed by atoms with Crippen molar-refractivity contribution in [2.75, 3.05) is 26.4 Å². The molecule has 0 radical (unpaired) electrons. The van der Waals surface area contributed by atoms with E-state index in [0.717, 1.165) is 24.7 Å². The van der Waals surface area contributed by atoms with E-state index >= 15 is 0 Å². The number of nitrogens with one attached hydrogen (secondary N) is 1. The second kappa shape index (κ2) is 6.61. The second-order valence-corrected chi connectivity index (χ2v) is 4.48. The average molecular weight is 251 g/mol. The highest BCUT2D eigenvalue weighted by atomic mass is 16.5. The van der Waals surface area contributed by atoms with Crippen LogP contribution in [0.5, 0.6) is 11.5 Å². The summed E-state index contributed by atoms with van der Waals surface area (Å²) in [4.78, 5) is 0. The third-order valence-corrected chi connectivity index (χ3v) is 2.83. The van der Waals surface area contributed by atoms with Crippen LogP contribution in [0.1, 0.15) is 13.8 Å². The van der Waals surface area contributed by atoms with Crippen molar-refractivity contribution >= 4 is 0 Å². The largest absolute Gasteiger partial charge is 0.494 e. The Kier molecular flexibility index (Phi) is 4.84. The maximum Gasteiger partial charge on any atom is 0.123 e. The van der Waals surface area contributed by atoms with Gasteiger partial charge in [0.2, 0.25) is 0 Å². The van der Waals surface area contributed by atoms with E-state index in [-0.39, 0.29) is 6.10 Å². The molecule has 0 amide bonds. The van der Waals surface area contributed by atoms with Crippen LogP contribution in [-0.2, 0) is 4.74 Å². The lowest BCUT2D eigenvalue weighted by atomic mass is 10.2. The molecular formula is C14H21NO3. The van der Waals surface area contributed by atoms with Crippen molar-refractivity contribution in [2.24, 2.45) is 0 Å². The molecular weight excluding hydrogens is 230 g/mol. The zero-order chi connectivity index (χ0) is 12.8. The first-order chi connectivity index (χ1) is 8.78. The summed E-state index contributed by atoms with van der Waals surface area (Å²) in [5, 5.41) is 3.37. The molecule has 1 aliphatic rings. The maximum atomic E-state index is 5.72. The molecule has 18 heavy (non-hydrogen) atoms. The smallest absolute Gasteiger partial charge is 0.123 e. The monoisotopic (exact) mass is 251 g/mol. The van der Waals surface area contributed by atoms with Crippen molar-refractivity contribution in [2.45, 2.75) is 26.0 Å². The summed E-state index contributed by atoms with van der Waals surface area (Å²) in [6.45, 7) is 6.89. The SMILES string of the molecule is CCOc1cccc(OCC2CNC(C)CO2)c1. The van der Waals surface area contributed by atoms with Crippen molar-refractivity contribution in [3.8, 4) is 11.5 Å². The molecule has 2 rings (SSSR count). The van der Waals surface area contributed by atoms with Gasteiger partial charge in [-0.1, -0.05) is 6.07 Å². The van der Waals surface area contributed by atoms with Crippen molar-refractivity contribution in [1.82, 2.24) is 5.32 Å². The number of hydrogen-bond donors (Lipinski definition) is 1. The van der Waals surface area contributed by atoms with Crippen LogP contribution in [0.2, 0.25) is 0 Å². The molecule has 0 saturated carbocycles. The van der Waals surface area contributed by atoms with E-state index in [1.165, 1.54) is 0 Å². The van der Waals surface area contributed by atoms with Gasteiger partial charge in [0.05, 0.1) is 13.2 Å². The van der Waals surface area contributed by atoms with Gasteiger partial charge in [0.15, 0.2) is 0 Å². The summed E-state index contributed by atoms with van der Waals surface area (Å²) in [6.07, 6.45) is 0.122. The summed E-state index contributed by atoms with van der Waals surface area (Å²) in [6, 6.07) is 8.13. The van der Waals surface area contributed by atoms with Gasteiger partial charge in [-0.3, -0.25) is 0 Å². The minimum atomic E-state index is 0.122. The summed E-state index contributed by atoms with van der Waals surface area (Å²) in [7, 11) is 0. The van der Waals surface area contributed by atoms with Crippen LogP contribution in [0.25, 0.3) is 0 Å². The highest BCUT2D eigenvalue weighted by molar-refractivity contribution is 5.32. The van der Waals surface area contributed by atoms with E-state index in [9.17, 15) is 0 Å². The van der Waals surface area contributed by atoms with Crippen LogP contribution in [0, 0.1) is 0 Å². The predicted molar refractivity (Wildman–Crippen MR) is 70.3 cm³/mol. The summed E-state index contributed by atoms with van der Waals surface area (Å²) in [5.41, 5.74) is 0. The molecule has 2 atom stereocenters. The van der Waals surface area contributed by atoms with Crippen LogP contribution < -0.4 is 14.8 Å². The highest BCUT2D eigenvalue weighted by Gasteiger charge is 2.18. The van der Waals surface area contributed by atoms with Crippen LogP contribution >= 0.6 is 0 Å². The van der Waals surface area contributed by atoms with E-state index in [1.54, 1.807) is 0 Å². The van der Waals surface area contributed by atoms with E-state index < -0.39 is 0 Å².